The second kappa shape index (κ2) is 6.71. The van der Waals surface area contributed by atoms with Gasteiger partial charge in [0.05, 0.1) is 12.2 Å². The molecule has 0 aliphatic carbocycles. The normalized spacial score (nSPS) is 10.4. The van der Waals surface area contributed by atoms with Crippen molar-refractivity contribution < 1.29 is 24.5 Å². The fourth-order valence-corrected chi connectivity index (χ4v) is 2.22. The van der Waals surface area contributed by atoms with E-state index in [2.05, 4.69) is 0 Å². The molecule has 0 aromatic heterocycles. The Bertz CT molecular complexity index is 783. The number of aromatic hydroxyl groups is 2. The van der Waals surface area contributed by atoms with Crippen molar-refractivity contribution in [3.63, 3.8) is 0 Å². The fourth-order valence-electron chi connectivity index (χ4n) is 2.05. The number of ketones is 1. The van der Waals surface area contributed by atoms with Gasteiger partial charge >= 0.3 is 5.97 Å². The number of hydrogen-bond donors (Lipinski definition) is 2. The van der Waals surface area contributed by atoms with Crippen molar-refractivity contribution in [1.82, 2.24) is 0 Å². The zero-order chi connectivity index (χ0) is 17.1. The minimum Gasteiger partial charge on any atom is -0.507 e. The second-order valence-electron chi connectivity index (χ2n) is 4.90. The smallest absolute Gasteiger partial charge is 0.341 e. The van der Waals surface area contributed by atoms with E-state index in [0.717, 1.165) is 0 Å². The molecule has 0 radical (unpaired) electrons. The molecule has 0 unspecified atom stereocenters. The van der Waals surface area contributed by atoms with Crippen molar-refractivity contribution in [2.75, 3.05) is 6.61 Å². The Balaban J connectivity index is 2.46. The summed E-state index contributed by atoms with van der Waals surface area (Å²) in [5.41, 5.74) is 0.663. The average Bonchev–Trinajstić information content (AvgIpc) is 2.51. The summed E-state index contributed by atoms with van der Waals surface area (Å²) >= 11 is 5.99. The van der Waals surface area contributed by atoms with Gasteiger partial charge in [-0.25, -0.2) is 4.79 Å². The van der Waals surface area contributed by atoms with E-state index >= 15 is 0 Å². The molecule has 0 aliphatic rings. The number of esters is 1. The van der Waals surface area contributed by atoms with Gasteiger partial charge in [0, 0.05) is 10.6 Å². The van der Waals surface area contributed by atoms with E-state index in [9.17, 15) is 19.8 Å². The van der Waals surface area contributed by atoms with Crippen LogP contribution in [0.3, 0.4) is 0 Å². The summed E-state index contributed by atoms with van der Waals surface area (Å²) in [5, 5.41) is 20.0. The SMILES string of the molecule is CCOC(=O)c1cc(C(=O)c2cc(Cl)c(C)cc2O)ccc1O. The van der Waals surface area contributed by atoms with Crippen molar-refractivity contribution in [3.8, 4) is 11.5 Å². The summed E-state index contributed by atoms with van der Waals surface area (Å²) in [6.45, 7) is 3.48. The van der Waals surface area contributed by atoms with Crippen LogP contribution < -0.4 is 0 Å². The maximum Gasteiger partial charge on any atom is 0.341 e. The van der Waals surface area contributed by atoms with Crippen LogP contribution in [0.2, 0.25) is 5.02 Å². The summed E-state index contributed by atoms with van der Waals surface area (Å²) in [6, 6.07) is 6.57. The third-order valence-electron chi connectivity index (χ3n) is 3.28. The molecular formula is C17H15ClO5. The van der Waals surface area contributed by atoms with E-state index in [4.69, 9.17) is 16.3 Å². The lowest BCUT2D eigenvalue weighted by molar-refractivity contribution is 0.0523. The predicted octanol–water partition coefficient (Wildman–Crippen LogP) is 3.47. The van der Waals surface area contributed by atoms with E-state index in [0.29, 0.717) is 10.6 Å². The molecule has 0 fully saturated rings. The van der Waals surface area contributed by atoms with Crippen LogP contribution in [0.1, 0.15) is 38.8 Å². The highest BCUT2D eigenvalue weighted by Gasteiger charge is 2.19. The van der Waals surface area contributed by atoms with Gasteiger partial charge in [0.25, 0.3) is 0 Å². The number of hydrogen-bond acceptors (Lipinski definition) is 5. The monoisotopic (exact) mass is 334 g/mol. The van der Waals surface area contributed by atoms with Crippen LogP contribution in [0.15, 0.2) is 30.3 Å². The number of phenols is 2. The number of ether oxygens (including phenoxy) is 1. The van der Waals surface area contributed by atoms with Crippen LogP contribution in [-0.2, 0) is 4.74 Å². The molecule has 2 rings (SSSR count). The van der Waals surface area contributed by atoms with Crippen LogP contribution in [0, 0.1) is 6.92 Å². The maximum atomic E-state index is 12.5. The van der Waals surface area contributed by atoms with E-state index in [1.807, 2.05) is 0 Å². The van der Waals surface area contributed by atoms with Gasteiger partial charge in [-0.05, 0) is 49.7 Å². The van der Waals surface area contributed by atoms with E-state index in [-0.39, 0.29) is 34.8 Å². The first-order valence-corrected chi connectivity index (χ1v) is 7.27. The minimum atomic E-state index is -0.731. The molecule has 0 atom stereocenters. The highest BCUT2D eigenvalue weighted by Crippen LogP contribution is 2.29. The summed E-state index contributed by atoms with van der Waals surface area (Å²) < 4.78 is 4.83. The zero-order valence-electron chi connectivity index (χ0n) is 12.6. The molecule has 120 valence electrons. The molecular weight excluding hydrogens is 320 g/mol. The molecule has 23 heavy (non-hydrogen) atoms. The number of carbonyl (C=O) groups is 2. The molecule has 0 bridgehead atoms. The lowest BCUT2D eigenvalue weighted by Crippen LogP contribution is -2.08. The second-order valence-corrected chi connectivity index (χ2v) is 5.31. The molecule has 0 saturated carbocycles. The van der Waals surface area contributed by atoms with Crippen LogP contribution in [-0.4, -0.2) is 28.6 Å². The number of rotatable bonds is 4. The molecule has 5 nitrogen and oxygen atoms in total. The van der Waals surface area contributed by atoms with Crippen LogP contribution in [0.25, 0.3) is 0 Å². The third kappa shape index (κ3) is 3.46. The van der Waals surface area contributed by atoms with Gasteiger partial charge in [-0.3, -0.25) is 4.79 Å². The Morgan fingerprint density at radius 3 is 2.43 bits per heavy atom. The highest BCUT2D eigenvalue weighted by atomic mass is 35.5. The molecule has 0 aliphatic heterocycles. The fraction of sp³-hybridized carbons (Fsp3) is 0.176. The Morgan fingerprint density at radius 1 is 1.09 bits per heavy atom. The Kier molecular flexibility index (Phi) is 4.91. The lowest BCUT2D eigenvalue weighted by atomic mass is 9.99. The van der Waals surface area contributed by atoms with Gasteiger partial charge in [0.15, 0.2) is 5.78 Å². The van der Waals surface area contributed by atoms with Gasteiger partial charge in [0.2, 0.25) is 0 Å². The van der Waals surface area contributed by atoms with Gasteiger partial charge in [-0.2, -0.15) is 0 Å². The number of aryl methyl sites for hydroxylation is 1. The Morgan fingerprint density at radius 2 is 1.78 bits per heavy atom. The molecule has 0 spiro atoms. The summed E-state index contributed by atoms with van der Waals surface area (Å²) in [7, 11) is 0. The van der Waals surface area contributed by atoms with E-state index in [1.165, 1.54) is 30.3 Å². The van der Waals surface area contributed by atoms with Crippen LogP contribution in [0.4, 0.5) is 0 Å². The number of phenolic OH excluding ortho intramolecular Hbond substituents is 2. The average molecular weight is 335 g/mol. The first-order chi connectivity index (χ1) is 10.8. The Hall–Kier alpha value is -2.53. The summed E-state index contributed by atoms with van der Waals surface area (Å²) in [5.74, 6) is -1.74. The van der Waals surface area contributed by atoms with Gasteiger partial charge < -0.3 is 14.9 Å². The lowest BCUT2D eigenvalue weighted by Gasteiger charge is -2.09. The quantitative estimate of drug-likeness (QED) is 0.660. The number of benzene rings is 2. The summed E-state index contributed by atoms with van der Waals surface area (Å²) in [4.78, 5) is 24.3. The van der Waals surface area contributed by atoms with Crippen LogP contribution in [0.5, 0.6) is 11.5 Å². The minimum absolute atomic E-state index is 0.0149. The van der Waals surface area contributed by atoms with Gasteiger partial charge in [0.1, 0.15) is 17.1 Å². The molecule has 2 aromatic rings. The Labute approximate surface area is 138 Å². The predicted molar refractivity (Wildman–Crippen MR) is 85.3 cm³/mol. The van der Waals surface area contributed by atoms with Crippen molar-refractivity contribution in [2.24, 2.45) is 0 Å². The van der Waals surface area contributed by atoms with Crippen molar-refractivity contribution in [2.45, 2.75) is 13.8 Å². The third-order valence-corrected chi connectivity index (χ3v) is 3.68. The van der Waals surface area contributed by atoms with Crippen LogP contribution >= 0.6 is 11.6 Å². The summed E-state index contributed by atoms with van der Waals surface area (Å²) in [6.07, 6.45) is 0. The zero-order valence-corrected chi connectivity index (χ0v) is 13.3. The van der Waals surface area contributed by atoms with Gasteiger partial charge in [-0.1, -0.05) is 11.6 Å². The molecule has 6 heteroatoms. The first-order valence-electron chi connectivity index (χ1n) is 6.89. The largest absolute Gasteiger partial charge is 0.507 e. The molecule has 0 amide bonds. The number of carbonyl (C=O) groups excluding carboxylic acids is 2. The van der Waals surface area contributed by atoms with Gasteiger partial charge in [-0.15, -0.1) is 0 Å². The molecule has 2 N–H and O–H groups in total. The van der Waals surface area contributed by atoms with E-state index < -0.39 is 11.8 Å². The van der Waals surface area contributed by atoms with Crippen molar-refractivity contribution in [1.29, 1.82) is 0 Å². The molecule has 2 aromatic carbocycles. The van der Waals surface area contributed by atoms with Crippen molar-refractivity contribution >= 4 is 23.4 Å². The first kappa shape index (κ1) is 16.8. The topological polar surface area (TPSA) is 83.8 Å². The molecule has 0 saturated heterocycles. The number of halogens is 1. The van der Waals surface area contributed by atoms with Crippen molar-refractivity contribution in [3.05, 3.63) is 57.6 Å². The highest BCUT2D eigenvalue weighted by molar-refractivity contribution is 6.32. The molecule has 0 heterocycles. The standard InChI is InChI=1S/C17H15ClO5/c1-3-23-17(22)12-7-10(4-5-14(12)19)16(21)11-8-13(18)9(2)6-15(11)20/h4-8,19-20H,3H2,1-2H3. The maximum absolute atomic E-state index is 12.5. The van der Waals surface area contributed by atoms with E-state index in [1.54, 1.807) is 13.8 Å².